The van der Waals surface area contributed by atoms with E-state index < -0.39 is 20.7 Å². The third kappa shape index (κ3) is 4.82. The van der Waals surface area contributed by atoms with Gasteiger partial charge in [-0.15, -0.1) is 0 Å². The fourth-order valence-corrected chi connectivity index (χ4v) is 7.07. The summed E-state index contributed by atoms with van der Waals surface area (Å²) in [6.45, 7) is 6.14. The predicted octanol–water partition coefficient (Wildman–Crippen LogP) is 1.48. The van der Waals surface area contributed by atoms with Crippen LogP contribution in [-0.2, 0) is 9.13 Å². The molecule has 0 bridgehead atoms. The summed E-state index contributed by atoms with van der Waals surface area (Å²) in [5.74, 6) is 1.02. The highest BCUT2D eigenvalue weighted by Crippen LogP contribution is 2.62. The lowest BCUT2D eigenvalue weighted by Crippen LogP contribution is -2.50. The Hall–Kier alpha value is 0.610. The quantitative estimate of drug-likeness (QED) is 0.552. The first-order chi connectivity index (χ1) is 8.94. The fraction of sp³-hybridized carbons (Fsp3) is 1.00. The lowest BCUT2D eigenvalue weighted by molar-refractivity contribution is 0.175. The van der Waals surface area contributed by atoms with E-state index in [4.69, 9.17) is 0 Å². The largest absolute Gasteiger partial charge is 0.354 e. The van der Waals surface area contributed by atoms with Gasteiger partial charge in [-0.05, 0) is 19.3 Å². The van der Waals surface area contributed by atoms with Crippen molar-refractivity contribution in [2.75, 3.05) is 12.3 Å². The second kappa shape index (κ2) is 6.80. The molecule has 20 heavy (non-hydrogen) atoms. The zero-order valence-electron chi connectivity index (χ0n) is 11.8. The molecule has 2 atom stereocenters. The van der Waals surface area contributed by atoms with E-state index >= 15 is 0 Å². The van der Waals surface area contributed by atoms with Crippen molar-refractivity contribution in [2.45, 2.75) is 44.0 Å². The summed E-state index contributed by atoms with van der Waals surface area (Å²) in [5, 5.41) is 0.115. The summed E-state index contributed by atoms with van der Waals surface area (Å²) in [6.07, 6.45) is 0.845. The van der Waals surface area contributed by atoms with Crippen LogP contribution in [0.25, 0.3) is 0 Å². The number of hydrogen-bond acceptors (Lipinski definition) is 4. The molecule has 0 radical (unpaired) electrons. The van der Waals surface area contributed by atoms with Crippen LogP contribution in [0.2, 0.25) is 0 Å². The number of nitrogens with zero attached hydrogens (tertiary/aromatic N) is 1. The molecule has 7 nitrogen and oxygen atoms in total. The Morgan fingerprint density at radius 2 is 1.70 bits per heavy atom. The van der Waals surface area contributed by atoms with Gasteiger partial charge < -0.3 is 19.6 Å². The molecule has 10 heteroatoms. The first kappa shape index (κ1) is 18.7. The highest BCUT2D eigenvalue weighted by Gasteiger charge is 2.50. The average molecular weight is 347 g/mol. The van der Waals surface area contributed by atoms with Crippen LogP contribution in [0, 0.1) is 5.92 Å². The average Bonchev–Trinajstić information content (AvgIpc) is 2.19. The minimum absolute atomic E-state index is 0.115. The van der Waals surface area contributed by atoms with Crippen LogP contribution < -0.4 is 0 Å². The van der Waals surface area contributed by atoms with Crippen molar-refractivity contribution in [1.82, 2.24) is 4.90 Å². The molecule has 2 unspecified atom stereocenters. The van der Waals surface area contributed by atoms with Crippen LogP contribution in [0.5, 0.6) is 0 Å². The van der Waals surface area contributed by atoms with E-state index in [1.165, 1.54) is 4.90 Å². The fourth-order valence-electron chi connectivity index (χ4n) is 2.50. The number of hydrogen-bond donors (Lipinski definition) is 4. The SMILES string of the molecule is CC(C)CC1SCCN(C(P(=O)(O)O)P(=O)(O)O)C1C. The smallest absolute Gasteiger partial charge is 0.323 e. The van der Waals surface area contributed by atoms with E-state index in [9.17, 15) is 28.7 Å². The molecule has 1 fully saturated rings. The van der Waals surface area contributed by atoms with Gasteiger partial charge in [-0.3, -0.25) is 14.0 Å². The normalized spacial score (nSPS) is 26.4. The molecule has 1 rings (SSSR count). The summed E-state index contributed by atoms with van der Waals surface area (Å²) >= 11 is 1.69. The zero-order chi connectivity index (χ0) is 15.7. The van der Waals surface area contributed by atoms with Crippen molar-refractivity contribution in [3.05, 3.63) is 0 Å². The third-order valence-electron chi connectivity index (χ3n) is 3.34. The van der Waals surface area contributed by atoms with E-state index in [0.717, 1.165) is 6.42 Å². The van der Waals surface area contributed by atoms with Crippen LogP contribution in [0.4, 0.5) is 0 Å². The standard InChI is InChI=1S/C10H23NO6P2S/c1-7(2)6-9-8(3)11(4-5-20-9)10(18(12,13)14)19(15,16)17/h7-10H,4-6H2,1-3H3,(H2,12,13,14)(H2,15,16,17). The molecule has 1 aliphatic heterocycles. The number of thioether (sulfide) groups is 1. The molecule has 120 valence electrons. The predicted molar refractivity (Wildman–Crippen MR) is 79.7 cm³/mol. The van der Waals surface area contributed by atoms with Gasteiger partial charge in [-0.2, -0.15) is 11.8 Å². The van der Waals surface area contributed by atoms with Crippen LogP contribution in [0.15, 0.2) is 0 Å². The minimum Gasteiger partial charge on any atom is -0.323 e. The summed E-state index contributed by atoms with van der Waals surface area (Å²) in [6, 6.07) is -0.290. The molecule has 0 saturated carbocycles. The lowest BCUT2D eigenvalue weighted by atomic mass is 10.0. The maximum Gasteiger partial charge on any atom is 0.354 e. The first-order valence-corrected chi connectivity index (χ1v) is 10.8. The Balaban J connectivity index is 3.02. The van der Waals surface area contributed by atoms with E-state index in [0.29, 0.717) is 11.7 Å². The van der Waals surface area contributed by atoms with Gasteiger partial charge in [-0.1, -0.05) is 13.8 Å². The first-order valence-electron chi connectivity index (χ1n) is 6.42. The highest BCUT2D eigenvalue weighted by atomic mass is 32.2. The molecule has 0 aliphatic carbocycles. The zero-order valence-corrected chi connectivity index (χ0v) is 14.4. The summed E-state index contributed by atoms with van der Waals surface area (Å²) in [7, 11) is -9.82. The van der Waals surface area contributed by atoms with Gasteiger partial charge >= 0.3 is 15.2 Å². The summed E-state index contributed by atoms with van der Waals surface area (Å²) in [4.78, 5) is 38.6. The maximum atomic E-state index is 11.5. The molecular weight excluding hydrogens is 324 g/mol. The molecule has 0 aromatic carbocycles. The monoisotopic (exact) mass is 347 g/mol. The van der Waals surface area contributed by atoms with Crippen molar-refractivity contribution < 1.29 is 28.7 Å². The van der Waals surface area contributed by atoms with Gasteiger partial charge in [-0.25, -0.2) is 0 Å². The van der Waals surface area contributed by atoms with E-state index in [-0.39, 0.29) is 17.8 Å². The Morgan fingerprint density at radius 1 is 1.20 bits per heavy atom. The minimum atomic E-state index is -4.91. The van der Waals surface area contributed by atoms with Crippen LogP contribution >= 0.6 is 27.0 Å². The van der Waals surface area contributed by atoms with Gasteiger partial charge in [0.15, 0.2) is 0 Å². The topological polar surface area (TPSA) is 118 Å². The molecule has 1 saturated heterocycles. The Labute approximate surface area is 123 Å². The molecular formula is C10H23NO6P2S. The van der Waals surface area contributed by atoms with E-state index in [1.54, 1.807) is 18.7 Å². The van der Waals surface area contributed by atoms with Gasteiger partial charge in [0, 0.05) is 23.6 Å². The van der Waals surface area contributed by atoms with Crippen molar-refractivity contribution in [3.63, 3.8) is 0 Å². The third-order valence-corrected chi connectivity index (χ3v) is 8.38. The molecule has 1 aliphatic rings. The van der Waals surface area contributed by atoms with Crippen molar-refractivity contribution >= 4 is 27.0 Å². The second-order valence-electron chi connectivity index (χ2n) is 5.54. The Bertz CT molecular complexity index is 400. The van der Waals surface area contributed by atoms with Crippen LogP contribution in [0.3, 0.4) is 0 Å². The second-order valence-corrected chi connectivity index (χ2v) is 10.6. The molecule has 0 spiro atoms. The van der Waals surface area contributed by atoms with Crippen molar-refractivity contribution in [1.29, 1.82) is 0 Å². The van der Waals surface area contributed by atoms with Gasteiger partial charge in [0.2, 0.25) is 5.52 Å². The molecule has 4 N–H and O–H groups in total. The van der Waals surface area contributed by atoms with Crippen LogP contribution in [-0.4, -0.2) is 53.6 Å². The van der Waals surface area contributed by atoms with E-state index in [1.807, 2.05) is 0 Å². The molecule has 1 heterocycles. The molecule has 0 aromatic heterocycles. The van der Waals surface area contributed by atoms with Gasteiger partial charge in [0.25, 0.3) is 0 Å². The Morgan fingerprint density at radius 3 is 2.10 bits per heavy atom. The summed E-state index contributed by atoms with van der Waals surface area (Å²) < 4.78 is 23.0. The van der Waals surface area contributed by atoms with Crippen molar-refractivity contribution in [3.8, 4) is 0 Å². The molecule has 0 amide bonds. The Kier molecular flexibility index (Phi) is 6.34. The summed E-state index contributed by atoms with van der Waals surface area (Å²) in [5.41, 5.74) is -2.03. The lowest BCUT2D eigenvalue weighted by Gasteiger charge is -2.43. The highest BCUT2D eigenvalue weighted by molar-refractivity contribution is 8.00. The molecule has 0 aromatic rings. The van der Waals surface area contributed by atoms with Gasteiger partial charge in [0.05, 0.1) is 0 Å². The maximum absolute atomic E-state index is 11.5. The van der Waals surface area contributed by atoms with Crippen LogP contribution in [0.1, 0.15) is 27.2 Å². The van der Waals surface area contributed by atoms with Crippen molar-refractivity contribution in [2.24, 2.45) is 5.92 Å². The number of rotatable bonds is 5. The van der Waals surface area contributed by atoms with Gasteiger partial charge in [0.1, 0.15) is 0 Å². The van der Waals surface area contributed by atoms with E-state index in [2.05, 4.69) is 13.8 Å².